The second-order valence-corrected chi connectivity index (χ2v) is 6.18. The highest BCUT2D eigenvalue weighted by atomic mass is 35.5. The molecule has 114 valence electrons. The molecule has 2 nitrogen and oxygen atoms in total. The van der Waals surface area contributed by atoms with Gasteiger partial charge in [0, 0.05) is 5.02 Å². The van der Waals surface area contributed by atoms with Crippen LogP contribution in [0.2, 0.25) is 5.02 Å². The molecule has 1 saturated carbocycles. The summed E-state index contributed by atoms with van der Waals surface area (Å²) in [4.78, 5) is 11.1. The predicted octanol–water partition coefficient (Wildman–Crippen LogP) is 4.64. The molecule has 0 heterocycles. The minimum Gasteiger partial charge on any atom is -0.481 e. The molecule has 1 aromatic carbocycles. The van der Waals surface area contributed by atoms with Gasteiger partial charge in [-0.3, -0.25) is 4.79 Å². The molecule has 0 unspecified atom stereocenters. The minimum atomic E-state index is -4.55. The minimum absolute atomic E-state index is 0.0151. The Labute approximate surface area is 125 Å². The number of halogens is 4. The van der Waals surface area contributed by atoms with E-state index < -0.39 is 35.0 Å². The fraction of sp³-hybridized carbons (Fsp3) is 0.400. The maximum Gasteiger partial charge on any atom is 0.416 e. The van der Waals surface area contributed by atoms with Crippen molar-refractivity contribution in [2.24, 2.45) is 17.3 Å². The van der Waals surface area contributed by atoms with Gasteiger partial charge in [0.1, 0.15) is 0 Å². The highest BCUT2D eigenvalue weighted by Crippen LogP contribution is 2.60. The Hall–Kier alpha value is -1.49. The van der Waals surface area contributed by atoms with E-state index in [0.29, 0.717) is 5.02 Å². The van der Waals surface area contributed by atoms with Gasteiger partial charge in [-0.15, -0.1) is 0 Å². The first-order valence-electron chi connectivity index (χ1n) is 6.33. The Morgan fingerprint density at radius 3 is 2.19 bits per heavy atom. The Bertz CT molecular complexity index is 588. The number of alkyl halides is 3. The number of aliphatic carboxylic acids is 1. The van der Waals surface area contributed by atoms with Crippen LogP contribution in [-0.4, -0.2) is 17.3 Å². The summed E-state index contributed by atoms with van der Waals surface area (Å²) < 4.78 is 39.7. The Balaban J connectivity index is 2.41. The van der Waals surface area contributed by atoms with E-state index in [4.69, 9.17) is 16.7 Å². The summed E-state index contributed by atoms with van der Waals surface area (Å²) in [6.07, 6.45) is -3.52. The predicted molar refractivity (Wildman–Crippen MR) is 73.9 cm³/mol. The molecule has 2 atom stereocenters. The molecule has 0 aliphatic heterocycles. The number of carboxylic acid groups (broad SMARTS) is 1. The van der Waals surface area contributed by atoms with Crippen LogP contribution in [0.5, 0.6) is 0 Å². The zero-order chi connectivity index (χ0) is 16.0. The van der Waals surface area contributed by atoms with Gasteiger partial charge in [0.05, 0.1) is 11.5 Å². The van der Waals surface area contributed by atoms with Crippen molar-refractivity contribution in [3.8, 4) is 0 Å². The Kier molecular flexibility index (Phi) is 3.82. The lowest BCUT2D eigenvalue weighted by atomic mass is 10.0. The van der Waals surface area contributed by atoms with Crippen molar-refractivity contribution in [2.45, 2.75) is 20.0 Å². The maximum atomic E-state index is 13.2. The molecule has 0 bridgehead atoms. The Morgan fingerprint density at radius 2 is 1.81 bits per heavy atom. The fourth-order valence-corrected chi connectivity index (χ4v) is 2.75. The second-order valence-electron chi connectivity index (χ2n) is 5.75. The van der Waals surface area contributed by atoms with Gasteiger partial charge in [-0.25, -0.2) is 0 Å². The number of hydrogen-bond acceptors (Lipinski definition) is 1. The first-order chi connectivity index (χ1) is 9.55. The van der Waals surface area contributed by atoms with Crippen LogP contribution in [0, 0.1) is 17.3 Å². The number of rotatable bonds is 3. The maximum absolute atomic E-state index is 13.2. The summed E-state index contributed by atoms with van der Waals surface area (Å²) in [6, 6.07) is 5.33. The van der Waals surface area contributed by atoms with Crippen molar-refractivity contribution in [2.75, 3.05) is 0 Å². The highest BCUT2D eigenvalue weighted by molar-refractivity contribution is 6.30. The van der Waals surface area contributed by atoms with Gasteiger partial charge in [-0.2, -0.15) is 13.2 Å². The fourth-order valence-electron chi connectivity index (χ4n) is 2.62. The molecule has 0 aromatic heterocycles. The van der Waals surface area contributed by atoms with Crippen LogP contribution in [0.4, 0.5) is 13.2 Å². The first-order valence-corrected chi connectivity index (χ1v) is 6.70. The smallest absolute Gasteiger partial charge is 0.416 e. The molecular formula is C15H14ClF3O2. The van der Waals surface area contributed by atoms with Gasteiger partial charge in [-0.05, 0) is 29.0 Å². The summed E-state index contributed by atoms with van der Waals surface area (Å²) in [7, 11) is 0. The van der Waals surface area contributed by atoms with Crippen molar-refractivity contribution in [1.29, 1.82) is 0 Å². The monoisotopic (exact) mass is 318 g/mol. The van der Waals surface area contributed by atoms with E-state index in [0.717, 1.165) is 6.08 Å². The van der Waals surface area contributed by atoms with Crippen molar-refractivity contribution in [3.05, 3.63) is 40.9 Å². The Morgan fingerprint density at radius 1 is 1.29 bits per heavy atom. The van der Waals surface area contributed by atoms with Crippen LogP contribution in [-0.2, 0) is 4.79 Å². The van der Waals surface area contributed by atoms with Crippen molar-refractivity contribution in [3.63, 3.8) is 0 Å². The van der Waals surface area contributed by atoms with Gasteiger partial charge in [0.2, 0.25) is 0 Å². The largest absolute Gasteiger partial charge is 0.481 e. The van der Waals surface area contributed by atoms with Crippen LogP contribution in [0.25, 0.3) is 5.57 Å². The third kappa shape index (κ3) is 3.07. The van der Waals surface area contributed by atoms with E-state index >= 15 is 0 Å². The molecular weight excluding hydrogens is 305 g/mol. The molecule has 0 saturated heterocycles. The molecule has 0 radical (unpaired) electrons. The van der Waals surface area contributed by atoms with E-state index in [2.05, 4.69) is 0 Å². The van der Waals surface area contributed by atoms with E-state index in [-0.39, 0.29) is 5.56 Å². The third-order valence-electron chi connectivity index (χ3n) is 3.98. The van der Waals surface area contributed by atoms with E-state index in [9.17, 15) is 18.0 Å². The highest BCUT2D eigenvalue weighted by Gasteiger charge is 2.61. The topological polar surface area (TPSA) is 37.3 Å². The van der Waals surface area contributed by atoms with Gasteiger partial charge < -0.3 is 5.11 Å². The quantitative estimate of drug-likeness (QED) is 0.881. The van der Waals surface area contributed by atoms with Gasteiger partial charge in [0.25, 0.3) is 0 Å². The summed E-state index contributed by atoms with van der Waals surface area (Å²) in [5.74, 6) is -2.50. The van der Waals surface area contributed by atoms with Crippen LogP contribution in [0.3, 0.4) is 0 Å². The molecule has 21 heavy (non-hydrogen) atoms. The molecule has 1 aliphatic carbocycles. The van der Waals surface area contributed by atoms with Crippen LogP contribution < -0.4 is 0 Å². The lowest BCUT2D eigenvalue weighted by molar-refractivity contribution is -0.139. The average Bonchev–Trinajstić information content (AvgIpc) is 2.88. The average molecular weight is 319 g/mol. The normalized spacial score (nSPS) is 24.8. The summed E-state index contributed by atoms with van der Waals surface area (Å²) in [6.45, 7) is 3.31. The lowest BCUT2D eigenvalue weighted by Gasteiger charge is -2.12. The second kappa shape index (κ2) is 5.05. The summed E-state index contributed by atoms with van der Waals surface area (Å²) in [5.41, 5.74) is -1.51. The number of allylic oxidation sites excluding steroid dienone is 2. The van der Waals surface area contributed by atoms with Crippen molar-refractivity contribution >= 4 is 23.1 Å². The van der Waals surface area contributed by atoms with E-state index in [1.54, 1.807) is 13.8 Å². The van der Waals surface area contributed by atoms with E-state index in [1.165, 1.54) is 24.3 Å². The number of carbonyl (C=O) groups is 1. The van der Waals surface area contributed by atoms with Crippen LogP contribution >= 0.6 is 11.6 Å². The summed E-state index contributed by atoms with van der Waals surface area (Å²) in [5, 5.41) is 9.40. The SMILES string of the molecule is CC1(C)[C@H](C(=O)O)[C@@H]1/C=C(/c1ccc(Cl)cc1)C(F)(F)F. The lowest BCUT2D eigenvalue weighted by Crippen LogP contribution is -2.11. The molecule has 2 rings (SSSR count). The standard InChI is InChI=1S/C15H14ClF3O2/c1-14(2)11(12(14)13(20)21)7-10(15(17,18)19)8-3-5-9(16)6-4-8/h3-7,11-12H,1-2H3,(H,20,21)/b10-7-/t11-,12-/m0/s1. The molecule has 6 heteroatoms. The van der Waals surface area contributed by atoms with Gasteiger partial charge in [0.15, 0.2) is 0 Å². The van der Waals surface area contributed by atoms with Gasteiger partial charge in [-0.1, -0.05) is 43.7 Å². The molecule has 0 amide bonds. The molecule has 1 aliphatic rings. The number of hydrogen-bond donors (Lipinski definition) is 1. The molecule has 1 fully saturated rings. The first kappa shape index (κ1) is 15.9. The number of benzene rings is 1. The van der Waals surface area contributed by atoms with Crippen molar-refractivity contribution < 1.29 is 23.1 Å². The zero-order valence-electron chi connectivity index (χ0n) is 11.4. The molecule has 1 aromatic rings. The van der Waals surface area contributed by atoms with Crippen LogP contribution in [0.1, 0.15) is 19.4 Å². The van der Waals surface area contributed by atoms with Crippen molar-refractivity contribution in [1.82, 2.24) is 0 Å². The molecule has 1 N–H and O–H groups in total. The zero-order valence-corrected chi connectivity index (χ0v) is 12.2. The third-order valence-corrected chi connectivity index (χ3v) is 4.24. The van der Waals surface area contributed by atoms with Crippen LogP contribution in [0.15, 0.2) is 30.3 Å². The number of carboxylic acids is 1. The van der Waals surface area contributed by atoms with E-state index in [1.807, 2.05) is 0 Å². The van der Waals surface area contributed by atoms with Gasteiger partial charge >= 0.3 is 12.1 Å². The molecule has 0 spiro atoms. The summed E-state index contributed by atoms with van der Waals surface area (Å²) >= 11 is 5.68.